The van der Waals surface area contributed by atoms with E-state index in [0.717, 1.165) is 15.7 Å². The Bertz CT molecular complexity index is 578. The van der Waals surface area contributed by atoms with E-state index < -0.39 is 6.04 Å². The number of carbonyl (C=O) groups excluding carboxylic acids is 2. The number of aryl methyl sites for hydroxylation is 1. The molecule has 0 spiro atoms. The molecule has 2 amide bonds. The predicted octanol–water partition coefficient (Wildman–Crippen LogP) is 3.03. The van der Waals surface area contributed by atoms with Gasteiger partial charge in [-0.25, -0.2) is 0 Å². The first kappa shape index (κ1) is 16.0. The predicted molar refractivity (Wildman–Crippen MR) is 87.2 cm³/mol. The molecule has 1 aromatic rings. The lowest BCUT2D eigenvalue weighted by atomic mass is 9.86. The third-order valence-corrected chi connectivity index (χ3v) is 4.19. The van der Waals surface area contributed by atoms with Gasteiger partial charge in [-0.05, 0) is 36.1 Å². The van der Waals surface area contributed by atoms with Crippen molar-refractivity contribution in [1.82, 2.24) is 5.32 Å². The van der Waals surface area contributed by atoms with Crippen LogP contribution in [-0.4, -0.2) is 24.4 Å². The topological polar surface area (TPSA) is 49.4 Å². The van der Waals surface area contributed by atoms with Crippen LogP contribution in [-0.2, 0) is 9.59 Å². The van der Waals surface area contributed by atoms with Gasteiger partial charge in [0.1, 0.15) is 6.04 Å². The summed E-state index contributed by atoms with van der Waals surface area (Å²) in [5, 5.41) is 2.86. The van der Waals surface area contributed by atoms with Crippen LogP contribution < -0.4 is 10.2 Å². The minimum absolute atomic E-state index is 0.0428. The molecule has 0 radical (unpaired) electrons. The number of carbonyl (C=O) groups is 2. The molecular formula is C16H21BrN2O2. The molecule has 0 aliphatic carbocycles. The first-order valence-electron chi connectivity index (χ1n) is 7.07. The summed E-state index contributed by atoms with van der Waals surface area (Å²) in [6.07, 6.45) is 0.327. The molecule has 1 heterocycles. The van der Waals surface area contributed by atoms with Crippen molar-refractivity contribution in [3.63, 3.8) is 0 Å². The molecule has 1 fully saturated rings. The van der Waals surface area contributed by atoms with Gasteiger partial charge in [0, 0.05) is 23.1 Å². The van der Waals surface area contributed by atoms with Crippen LogP contribution in [0, 0.1) is 12.3 Å². The fraction of sp³-hybridized carbons (Fsp3) is 0.500. The average Bonchev–Trinajstić information content (AvgIpc) is 2.50. The van der Waals surface area contributed by atoms with Crippen molar-refractivity contribution >= 4 is 33.4 Å². The number of amides is 2. The van der Waals surface area contributed by atoms with Crippen LogP contribution in [0.5, 0.6) is 0 Å². The molecule has 114 valence electrons. The Kier molecular flexibility index (Phi) is 4.42. The van der Waals surface area contributed by atoms with E-state index >= 15 is 0 Å². The standard InChI is InChI=1S/C16H21BrN2O2/c1-10-9-11(17)5-6-12(10)19-8-7-13(20)18-14(15(19)21)16(2,3)4/h5-6,9,14H,7-8H2,1-4H3,(H,18,20). The molecule has 5 heteroatoms. The zero-order valence-electron chi connectivity index (χ0n) is 12.9. The second-order valence-corrected chi connectivity index (χ2v) is 7.45. The van der Waals surface area contributed by atoms with E-state index in [0.29, 0.717) is 13.0 Å². The van der Waals surface area contributed by atoms with Gasteiger partial charge in [0.2, 0.25) is 11.8 Å². The summed E-state index contributed by atoms with van der Waals surface area (Å²) in [6.45, 7) is 8.29. The number of halogens is 1. The van der Waals surface area contributed by atoms with E-state index in [2.05, 4.69) is 21.2 Å². The summed E-state index contributed by atoms with van der Waals surface area (Å²) in [5.74, 6) is -0.112. The minimum atomic E-state index is -0.504. The SMILES string of the molecule is Cc1cc(Br)ccc1N1CCC(=O)NC(C(C)(C)C)C1=O. The number of nitrogens with zero attached hydrogens (tertiary/aromatic N) is 1. The van der Waals surface area contributed by atoms with Crippen LogP contribution in [0.2, 0.25) is 0 Å². The fourth-order valence-corrected chi connectivity index (χ4v) is 3.00. The van der Waals surface area contributed by atoms with Crippen LogP contribution in [0.4, 0.5) is 5.69 Å². The van der Waals surface area contributed by atoms with Crippen LogP contribution in [0.3, 0.4) is 0 Å². The molecule has 1 aromatic carbocycles. The van der Waals surface area contributed by atoms with E-state index in [1.807, 2.05) is 45.9 Å². The van der Waals surface area contributed by atoms with E-state index in [4.69, 9.17) is 0 Å². The number of anilines is 1. The van der Waals surface area contributed by atoms with Gasteiger partial charge < -0.3 is 10.2 Å². The number of hydrogen-bond acceptors (Lipinski definition) is 2. The van der Waals surface area contributed by atoms with Gasteiger partial charge in [0.15, 0.2) is 0 Å². The molecule has 1 aliphatic heterocycles. The third-order valence-electron chi connectivity index (χ3n) is 3.70. The van der Waals surface area contributed by atoms with Crippen LogP contribution >= 0.6 is 15.9 Å². The van der Waals surface area contributed by atoms with Crippen molar-refractivity contribution in [2.24, 2.45) is 5.41 Å². The maximum absolute atomic E-state index is 12.9. The highest BCUT2D eigenvalue weighted by Gasteiger charge is 2.38. The van der Waals surface area contributed by atoms with Crippen molar-refractivity contribution in [3.05, 3.63) is 28.2 Å². The Morgan fingerprint density at radius 2 is 1.95 bits per heavy atom. The third kappa shape index (κ3) is 3.46. The normalized spacial score (nSPS) is 20.2. The summed E-state index contributed by atoms with van der Waals surface area (Å²) in [7, 11) is 0. The molecule has 1 saturated heterocycles. The van der Waals surface area contributed by atoms with Crippen molar-refractivity contribution in [3.8, 4) is 0 Å². The number of nitrogens with one attached hydrogen (secondary N) is 1. The molecular weight excluding hydrogens is 332 g/mol. The van der Waals surface area contributed by atoms with Crippen molar-refractivity contribution < 1.29 is 9.59 Å². The molecule has 1 atom stereocenters. The zero-order valence-corrected chi connectivity index (χ0v) is 14.5. The van der Waals surface area contributed by atoms with Gasteiger partial charge in [0.05, 0.1) is 0 Å². The number of rotatable bonds is 1. The Balaban J connectivity index is 2.42. The second-order valence-electron chi connectivity index (χ2n) is 6.54. The van der Waals surface area contributed by atoms with Gasteiger partial charge in [-0.1, -0.05) is 36.7 Å². The second kappa shape index (κ2) is 5.79. The summed E-state index contributed by atoms with van der Waals surface area (Å²) in [6, 6.07) is 5.32. The van der Waals surface area contributed by atoms with E-state index in [9.17, 15) is 9.59 Å². The highest BCUT2D eigenvalue weighted by atomic mass is 79.9. The van der Waals surface area contributed by atoms with E-state index in [-0.39, 0.29) is 17.2 Å². The van der Waals surface area contributed by atoms with Gasteiger partial charge >= 0.3 is 0 Å². The lowest BCUT2D eigenvalue weighted by Crippen LogP contribution is -2.52. The maximum Gasteiger partial charge on any atom is 0.250 e. The zero-order chi connectivity index (χ0) is 15.8. The lowest BCUT2D eigenvalue weighted by Gasteiger charge is -2.32. The largest absolute Gasteiger partial charge is 0.344 e. The molecule has 21 heavy (non-hydrogen) atoms. The summed E-state index contributed by atoms with van der Waals surface area (Å²) < 4.78 is 0.979. The Morgan fingerprint density at radius 3 is 2.52 bits per heavy atom. The van der Waals surface area contributed by atoms with Crippen molar-refractivity contribution in [2.45, 2.75) is 40.2 Å². The Morgan fingerprint density at radius 1 is 1.29 bits per heavy atom. The molecule has 1 unspecified atom stereocenters. The van der Waals surface area contributed by atoms with Crippen LogP contribution in [0.25, 0.3) is 0 Å². The Hall–Kier alpha value is -1.36. The number of hydrogen-bond donors (Lipinski definition) is 1. The minimum Gasteiger partial charge on any atom is -0.344 e. The van der Waals surface area contributed by atoms with Gasteiger partial charge in [0.25, 0.3) is 0 Å². The summed E-state index contributed by atoms with van der Waals surface area (Å²) in [4.78, 5) is 26.5. The molecule has 2 rings (SSSR count). The van der Waals surface area contributed by atoms with Crippen molar-refractivity contribution in [1.29, 1.82) is 0 Å². The fourth-order valence-electron chi connectivity index (χ4n) is 2.52. The number of benzene rings is 1. The molecule has 0 saturated carbocycles. The van der Waals surface area contributed by atoms with Gasteiger partial charge in [-0.2, -0.15) is 0 Å². The Labute approximate surface area is 134 Å². The highest BCUT2D eigenvalue weighted by molar-refractivity contribution is 9.10. The monoisotopic (exact) mass is 352 g/mol. The van der Waals surface area contributed by atoms with Crippen LogP contribution in [0.1, 0.15) is 32.8 Å². The molecule has 0 aromatic heterocycles. The smallest absolute Gasteiger partial charge is 0.250 e. The molecule has 1 N–H and O–H groups in total. The quantitative estimate of drug-likeness (QED) is 0.844. The average molecular weight is 353 g/mol. The van der Waals surface area contributed by atoms with Crippen molar-refractivity contribution in [2.75, 3.05) is 11.4 Å². The summed E-state index contributed by atoms with van der Waals surface area (Å²) >= 11 is 3.43. The highest BCUT2D eigenvalue weighted by Crippen LogP contribution is 2.29. The first-order valence-corrected chi connectivity index (χ1v) is 7.86. The molecule has 0 bridgehead atoms. The molecule has 4 nitrogen and oxygen atoms in total. The first-order chi connectivity index (χ1) is 9.70. The maximum atomic E-state index is 12.9. The van der Waals surface area contributed by atoms with E-state index in [1.54, 1.807) is 4.90 Å². The van der Waals surface area contributed by atoms with Gasteiger partial charge in [-0.15, -0.1) is 0 Å². The summed E-state index contributed by atoms with van der Waals surface area (Å²) in [5.41, 5.74) is 1.56. The lowest BCUT2D eigenvalue weighted by molar-refractivity contribution is -0.127. The van der Waals surface area contributed by atoms with E-state index in [1.165, 1.54) is 0 Å². The van der Waals surface area contributed by atoms with Crippen LogP contribution in [0.15, 0.2) is 22.7 Å². The van der Waals surface area contributed by atoms with Gasteiger partial charge in [-0.3, -0.25) is 9.59 Å². The molecule has 1 aliphatic rings.